The number of carbonyl (C=O) groups excluding carboxylic acids is 1. The summed E-state index contributed by atoms with van der Waals surface area (Å²) in [5.74, 6) is 0.348. The summed E-state index contributed by atoms with van der Waals surface area (Å²) >= 11 is 0. The lowest BCUT2D eigenvalue weighted by Crippen LogP contribution is -2.30. The Bertz CT molecular complexity index is 382. The summed E-state index contributed by atoms with van der Waals surface area (Å²) in [5, 5.41) is 0. The maximum atomic E-state index is 12.2. The van der Waals surface area contributed by atoms with Gasteiger partial charge in [0, 0.05) is 0 Å². The average Bonchev–Trinajstić information content (AvgIpc) is 2.37. The van der Waals surface area contributed by atoms with Gasteiger partial charge in [0.15, 0.2) is 0 Å². The predicted octanol–water partition coefficient (Wildman–Crippen LogP) is 4.23. The Balaban J connectivity index is 2.50. The molecule has 0 N–H and O–H groups in total. The summed E-state index contributed by atoms with van der Waals surface area (Å²) in [7, 11) is 0. The van der Waals surface area contributed by atoms with Crippen LogP contribution >= 0.6 is 0 Å². The van der Waals surface area contributed by atoms with Crippen molar-refractivity contribution in [1.82, 2.24) is 0 Å². The Kier molecular flexibility index (Phi) is 6.07. The maximum Gasteiger partial charge on any atom is 0.311 e. The molecule has 1 aromatic carbocycles. The quantitative estimate of drug-likeness (QED) is 0.687. The molecule has 0 aliphatic rings. The molecular weight excluding hydrogens is 236 g/mol. The van der Waals surface area contributed by atoms with E-state index >= 15 is 0 Å². The molecule has 0 amide bonds. The van der Waals surface area contributed by atoms with Gasteiger partial charge in [-0.1, -0.05) is 50.6 Å². The topological polar surface area (TPSA) is 26.3 Å². The van der Waals surface area contributed by atoms with Gasteiger partial charge in [-0.05, 0) is 38.2 Å². The zero-order chi connectivity index (χ0) is 14.3. The highest BCUT2D eigenvalue weighted by molar-refractivity contribution is 5.76. The van der Waals surface area contributed by atoms with Crippen LogP contribution in [0.1, 0.15) is 46.1 Å². The zero-order valence-electron chi connectivity index (χ0n) is 12.6. The number of rotatable bonds is 7. The molecule has 0 saturated carbocycles. The first-order chi connectivity index (χ1) is 8.95. The van der Waals surface area contributed by atoms with Crippen molar-refractivity contribution in [2.45, 2.75) is 47.0 Å². The van der Waals surface area contributed by atoms with Crippen LogP contribution in [0.5, 0.6) is 0 Å². The Labute approximate surface area is 117 Å². The second-order valence-corrected chi connectivity index (χ2v) is 6.04. The maximum absolute atomic E-state index is 12.2. The minimum atomic E-state index is -0.465. The number of esters is 1. The van der Waals surface area contributed by atoms with Crippen LogP contribution in [-0.4, -0.2) is 12.6 Å². The highest BCUT2D eigenvalue weighted by Gasteiger charge is 2.29. The summed E-state index contributed by atoms with van der Waals surface area (Å²) < 4.78 is 5.45. The minimum Gasteiger partial charge on any atom is -0.465 e. The summed E-state index contributed by atoms with van der Waals surface area (Å²) in [4.78, 5) is 12.2. The smallest absolute Gasteiger partial charge is 0.311 e. The van der Waals surface area contributed by atoms with Crippen molar-refractivity contribution in [1.29, 1.82) is 0 Å². The van der Waals surface area contributed by atoms with Gasteiger partial charge in [-0.3, -0.25) is 4.79 Å². The number of hydrogen-bond donors (Lipinski definition) is 0. The van der Waals surface area contributed by atoms with Crippen LogP contribution in [0.25, 0.3) is 0 Å². The van der Waals surface area contributed by atoms with Crippen LogP contribution < -0.4 is 0 Å². The highest BCUT2D eigenvalue weighted by atomic mass is 16.5. The molecule has 0 aromatic heterocycles. The molecule has 0 fully saturated rings. The van der Waals surface area contributed by atoms with E-state index in [0.717, 1.165) is 19.3 Å². The van der Waals surface area contributed by atoms with E-state index < -0.39 is 5.41 Å². The summed E-state index contributed by atoms with van der Waals surface area (Å²) in [6, 6.07) is 10.1. The molecule has 0 spiro atoms. The van der Waals surface area contributed by atoms with Gasteiger partial charge in [0.2, 0.25) is 0 Å². The standard InChI is InChI=1S/C17H26O2/c1-5-9-14(2)13-19-16(18)17(3,4)12-15-10-7-6-8-11-15/h6-8,10-11,14H,5,9,12-13H2,1-4H3. The fourth-order valence-corrected chi connectivity index (χ4v) is 2.17. The molecule has 1 unspecified atom stereocenters. The van der Waals surface area contributed by atoms with Crippen LogP contribution in [0.3, 0.4) is 0 Å². The van der Waals surface area contributed by atoms with Gasteiger partial charge >= 0.3 is 5.97 Å². The third-order valence-corrected chi connectivity index (χ3v) is 3.32. The minimum absolute atomic E-state index is 0.0979. The van der Waals surface area contributed by atoms with Gasteiger partial charge in [-0.15, -0.1) is 0 Å². The molecule has 0 bridgehead atoms. The van der Waals surface area contributed by atoms with E-state index in [1.165, 1.54) is 5.56 Å². The van der Waals surface area contributed by atoms with E-state index in [9.17, 15) is 4.79 Å². The van der Waals surface area contributed by atoms with Gasteiger partial charge in [-0.25, -0.2) is 0 Å². The van der Waals surface area contributed by atoms with Crippen molar-refractivity contribution >= 4 is 5.97 Å². The molecule has 0 radical (unpaired) electrons. The molecular formula is C17H26O2. The van der Waals surface area contributed by atoms with Gasteiger partial charge in [0.1, 0.15) is 0 Å². The largest absolute Gasteiger partial charge is 0.465 e. The summed E-state index contributed by atoms with van der Waals surface area (Å²) in [5.41, 5.74) is 0.707. The van der Waals surface area contributed by atoms with Crippen molar-refractivity contribution in [3.63, 3.8) is 0 Å². The number of ether oxygens (including phenoxy) is 1. The van der Waals surface area contributed by atoms with Crippen LogP contribution in [0.15, 0.2) is 30.3 Å². The first-order valence-corrected chi connectivity index (χ1v) is 7.17. The van der Waals surface area contributed by atoms with Crippen molar-refractivity contribution in [2.75, 3.05) is 6.61 Å². The van der Waals surface area contributed by atoms with Gasteiger partial charge in [0.05, 0.1) is 12.0 Å². The Morgan fingerprint density at radius 2 is 1.89 bits per heavy atom. The third-order valence-electron chi connectivity index (χ3n) is 3.32. The fraction of sp³-hybridized carbons (Fsp3) is 0.588. The van der Waals surface area contributed by atoms with Crippen LogP contribution in [0.4, 0.5) is 0 Å². The van der Waals surface area contributed by atoms with Crippen molar-refractivity contribution < 1.29 is 9.53 Å². The van der Waals surface area contributed by atoms with Gasteiger partial charge in [0.25, 0.3) is 0 Å². The van der Waals surface area contributed by atoms with Crippen molar-refractivity contribution in [3.05, 3.63) is 35.9 Å². The van der Waals surface area contributed by atoms with Crippen molar-refractivity contribution in [3.8, 4) is 0 Å². The predicted molar refractivity (Wildman–Crippen MR) is 79.0 cm³/mol. The molecule has 1 rings (SSSR count). The normalized spacial score (nSPS) is 13.1. The second-order valence-electron chi connectivity index (χ2n) is 6.04. The number of carbonyl (C=O) groups is 1. The van der Waals surface area contributed by atoms with Crippen LogP contribution in [-0.2, 0) is 16.0 Å². The molecule has 19 heavy (non-hydrogen) atoms. The first-order valence-electron chi connectivity index (χ1n) is 7.17. The Hall–Kier alpha value is -1.31. The zero-order valence-corrected chi connectivity index (χ0v) is 12.6. The highest BCUT2D eigenvalue weighted by Crippen LogP contribution is 2.24. The summed E-state index contributed by atoms with van der Waals surface area (Å²) in [6.45, 7) is 8.71. The molecule has 0 aliphatic heterocycles. The first kappa shape index (κ1) is 15.7. The Morgan fingerprint density at radius 3 is 2.47 bits per heavy atom. The molecule has 0 saturated heterocycles. The van der Waals surface area contributed by atoms with Gasteiger partial charge in [-0.2, -0.15) is 0 Å². The lowest BCUT2D eigenvalue weighted by molar-refractivity contribution is -0.155. The number of benzene rings is 1. The number of hydrogen-bond acceptors (Lipinski definition) is 2. The monoisotopic (exact) mass is 262 g/mol. The molecule has 2 nitrogen and oxygen atoms in total. The van der Waals surface area contributed by atoms with Crippen LogP contribution in [0.2, 0.25) is 0 Å². The molecule has 1 atom stereocenters. The second kappa shape index (κ2) is 7.32. The van der Waals surface area contributed by atoms with E-state index in [2.05, 4.69) is 26.0 Å². The lowest BCUT2D eigenvalue weighted by atomic mass is 9.86. The lowest BCUT2D eigenvalue weighted by Gasteiger charge is -2.23. The van der Waals surface area contributed by atoms with Crippen LogP contribution in [0, 0.1) is 11.3 Å². The molecule has 0 aliphatic carbocycles. The van der Waals surface area contributed by atoms with E-state index in [-0.39, 0.29) is 5.97 Å². The molecule has 106 valence electrons. The third kappa shape index (κ3) is 5.46. The molecule has 1 aromatic rings. The van der Waals surface area contributed by atoms with Crippen molar-refractivity contribution in [2.24, 2.45) is 11.3 Å². The Morgan fingerprint density at radius 1 is 1.26 bits per heavy atom. The SMILES string of the molecule is CCCC(C)COC(=O)C(C)(C)Cc1ccccc1. The van der Waals surface area contributed by atoms with E-state index in [1.807, 2.05) is 32.0 Å². The van der Waals surface area contributed by atoms with E-state index in [1.54, 1.807) is 0 Å². The molecule has 0 heterocycles. The van der Waals surface area contributed by atoms with E-state index in [4.69, 9.17) is 4.74 Å². The molecule has 2 heteroatoms. The fourth-order valence-electron chi connectivity index (χ4n) is 2.17. The van der Waals surface area contributed by atoms with E-state index in [0.29, 0.717) is 12.5 Å². The average molecular weight is 262 g/mol. The van der Waals surface area contributed by atoms with Gasteiger partial charge < -0.3 is 4.74 Å². The summed E-state index contributed by atoms with van der Waals surface area (Å²) in [6.07, 6.45) is 2.95.